The molecule has 1 aliphatic carbocycles. The Morgan fingerprint density at radius 1 is 1.29 bits per heavy atom. The SMILES string of the molecule is CC(=O)N1CCC(=C2CC2)c2cc(Br)ccc21. The summed E-state index contributed by atoms with van der Waals surface area (Å²) >= 11 is 3.52. The molecule has 0 saturated heterocycles. The van der Waals surface area contributed by atoms with E-state index in [0.29, 0.717) is 0 Å². The first-order valence-corrected chi connectivity index (χ1v) is 6.75. The van der Waals surface area contributed by atoms with Crippen molar-refractivity contribution in [2.24, 2.45) is 0 Å². The summed E-state index contributed by atoms with van der Waals surface area (Å²) in [6.07, 6.45) is 3.47. The smallest absolute Gasteiger partial charge is 0.223 e. The molecule has 17 heavy (non-hydrogen) atoms. The average Bonchev–Trinajstić information content (AvgIpc) is 3.11. The summed E-state index contributed by atoms with van der Waals surface area (Å²) in [5.41, 5.74) is 5.36. The number of allylic oxidation sites excluding steroid dienone is 1. The van der Waals surface area contributed by atoms with Gasteiger partial charge in [-0.2, -0.15) is 0 Å². The van der Waals surface area contributed by atoms with Crippen LogP contribution in [-0.2, 0) is 4.79 Å². The molecule has 0 unspecified atom stereocenters. The number of hydrogen-bond donors (Lipinski definition) is 0. The molecule has 2 aliphatic rings. The lowest BCUT2D eigenvalue weighted by molar-refractivity contribution is -0.116. The van der Waals surface area contributed by atoms with E-state index in [1.54, 1.807) is 12.5 Å². The Morgan fingerprint density at radius 3 is 2.71 bits per heavy atom. The van der Waals surface area contributed by atoms with E-state index in [4.69, 9.17) is 0 Å². The molecule has 0 radical (unpaired) electrons. The quantitative estimate of drug-likeness (QED) is 0.713. The zero-order valence-corrected chi connectivity index (χ0v) is 11.4. The second-order valence-corrected chi connectivity index (χ2v) is 5.58. The molecule has 0 aromatic heterocycles. The molecule has 1 saturated carbocycles. The van der Waals surface area contributed by atoms with E-state index in [-0.39, 0.29) is 5.91 Å². The molecular formula is C14H14BrNO. The Bertz CT molecular complexity index is 527. The first kappa shape index (κ1) is 11.0. The van der Waals surface area contributed by atoms with Crippen molar-refractivity contribution < 1.29 is 4.79 Å². The molecule has 3 rings (SSSR count). The van der Waals surface area contributed by atoms with Crippen LogP contribution in [0.4, 0.5) is 5.69 Å². The number of carbonyl (C=O) groups is 1. The van der Waals surface area contributed by atoms with Gasteiger partial charge >= 0.3 is 0 Å². The van der Waals surface area contributed by atoms with E-state index in [1.807, 2.05) is 17.0 Å². The van der Waals surface area contributed by atoms with Crippen LogP contribution in [0.2, 0.25) is 0 Å². The van der Waals surface area contributed by atoms with Gasteiger partial charge in [-0.1, -0.05) is 21.5 Å². The van der Waals surface area contributed by atoms with Gasteiger partial charge < -0.3 is 4.90 Å². The van der Waals surface area contributed by atoms with Gasteiger partial charge in [-0.15, -0.1) is 0 Å². The summed E-state index contributed by atoms with van der Waals surface area (Å²) < 4.78 is 1.08. The summed E-state index contributed by atoms with van der Waals surface area (Å²) in [6.45, 7) is 2.46. The van der Waals surface area contributed by atoms with Crippen LogP contribution in [0, 0.1) is 0 Å². The predicted molar refractivity (Wildman–Crippen MR) is 72.9 cm³/mol. The average molecular weight is 292 g/mol. The molecule has 3 heteroatoms. The summed E-state index contributed by atoms with van der Waals surface area (Å²) in [5.74, 6) is 0.133. The maximum atomic E-state index is 11.6. The second kappa shape index (κ2) is 3.98. The van der Waals surface area contributed by atoms with Crippen molar-refractivity contribution in [3.05, 3.63) is 33.8 Å². The number of amides is 1. The van der Waals surface area contributed by atoms with Gasteiger partial charge in [0.2, 0.25) is 5.91 Å². The topological polar surface area (TPSA) is 20.3 Å². The van der Waals surface area contributed by atoms with E-state index in [0.717, 1.165) is 23.1 Å². The number of nitrogens with zero attached hydrogens (tertiary/aromatic N) is 1. The van der Waals surface area contributed by atoms with Gasteiger partial charge in [0.15, 0.2) is 0 Å². The third-order valence-corrected chi connectivity index (χ3v) is 3.96. The minimum atomic E-state index is 0.133. The fourth-order valence-corrected chi connectivity index (χ4v) is 2.88. The van der Waals surface area contributed by atoms with Crippen LogP contribution >= 0.6 is 15.9 Å². The Hall–Kier alpha value is -1.09. The van der Waals surface area contributed by atoms with E-state index in [9.17, 15) is 4.79 Å². The van der Waals surface area contributed by atoms with Crippen LogP contribution in [0.15, 0.2) is 28.2 Å². The molecule has 0 N–H and O–H groups in total. The summed E-state index contributed by atoms with van der Waals surface area (Å²) in [6, 6.07) is 6.20. The van der Waals surface area contributed by atoms with Gasteiger partial charge in [-0.05, 0) is 43.0 Å². The summed E-state index contributed by atoms with van der Waals surface area (Å²) in [4.78, 5) is 13.5. The highest BCUT2D eigenvalue weighted by Crippen LogP contribution is 2.44. The Balaban J connectivity index is 2.16. The normalized spacial score (nSPS) is 18.1. The molecule has 1 heterocycles. The van der Waals surface area contributed by atoms with Crippen LogP contribution in [0.25, 0.3) is 5.57 Å². The number of halogens is 1. The lowest BCUT2D eigenvalue weighted by Gasteiger charge is -2.30. The zero-order valence-electron chi connectivity index (χ0n) is 9.79. The monoisotopic (exact) mass is 291 g/mol. The number of hydrogen-bond acceptors (Lipinski definition) is 1. The van der Waals surface area contributed by atoms with Crippen molar-refractivity contribution in [3.63, 3.8) is 0 Å². The summed E-state index contributed by atoms with van der Waals surface area (Å²) in [7, 11) is 0. The van der Waals surface area contributed by atoms with Crippen molar-refractivity contribution >= 4 is 33.1 Å². The molecule has 1 amide bonds. The van der Waals surface area contributed by atoms with Crippen molar-refractivity contribution in [2.45, 2.75) is 26.2 Å². The van der Waals surface area contributed by atoms with Crippen LogP contribution in [0.3, 0.4) is 0 Å². The molecule has 0 bridgehead atoms. The van der Waals surface area contributed by atoms with Crippen LogP contribution in [0.1, 0.15) is 31.7 Å². The molecule has 0 atom stereocenters. The number of fused-ring (bicyclic) bond motifs is 1. The third-order valence-electron chi connectivity index (χ3n) is 3.47. The van der Waals surface area contributed by atoms with Crippen LogP contribution in [-0.4, -0.2) is 12.5 Å². The van der Waals surface area contributed by atoms with E-state index >= 15 is 0 Å². The minimum Gasteiger partial charge on any atom is -0.312 e. The highest BCUT2D eigenvalue weighted by molar-refractivity contribution is 9.10. The molecule has 0 spiro atoms. The number of rotatable bonds is 0. The summed E-state index contributed by atoms with van der Waals surface area (Å²) in [5, 5.41) is 0. The minimum absolute atomic E-state index is 0.133. The van der Waals surface area contributed by atoms with Gasteiger partial charge in [-0.25, -0.2) is 0 Å². The maximum Gasteiger partial charge on any atom is 0.223 e. The number of benzene rings is 1. The van der Waals surface area contributed by atoms with Gasteiger partial charge in [0.1, 0.15) is 0 Å². The van der Waals surface area contributed by atoms with E-state index in [1.165, 1.54) is 24.0 Å². The Kier molecular flexibility index (Phi) is 2.58. The zero-order chi connectivity index (χ0) is 12.0. The van der Waals surface area contributed by atoms with Crippen molar-refractivity contribution in [1.82, 2.24) is 0 Å². The lowest BCUT2D eigenvalue weighted by atomic mass is 9.95. The first-order valence-electron chi connectivity index (χ1n) is 5.96. The van der Waals surface area contributed by atoms with Crippen LogP contribution in [0.5, 0.6) is 0 Å². The lowest BCUT2D eigenvalue weighted by Crippen LogP contribution is -2.33. The maximum absolute atomic E-state index is 11.6. The number of carbonyl (C=O) groups excluding carboxylic acids is 1. The predicted octanol–water partition coefficient (Wildman–Crippen LogP) is 3.75. The third kappa shape index (κ3) is 1.93. The number of anilines is 1. The Morgan fingerprint density at radius 2 is 2.06 bits per heavy atom. The fraction of sp³-hybridized carbons (Fsp3) is 0.357. The van der Waals surface area contributed by atoms with Crippen molar-refractivity contribution in [1.29, 1.82) is 0 Å². The molecule has 1 aromatic carbocycles. The molecule has 1 fully saturated rings. The molecule has 1 aromatic rings. The fourth-order valence-electron chi connectivity index (χ4n) is 2.52. The second-order valence-electron chi connectivity index (χ2n) is 4.66. The van der Waals surface area contributed by atoms with E-state index in [2.05, 4.69) is 22.0 Å². The largest absolute Gasteiger partial charge is 0.312 e. The molecule has 88 valence electrons. The highest BCUT2D eigenvalue weighted by Gasteiger charge is 2.28. The van der Waals surface area contributed by atoms with Crippen molar-refractivity contribution in [2.75, 3.05) is 11.4 Å². The standard InChI is InChI=1S/C14H14BrNO/c1-9(17)16-7-6-12(10-2-3-10)13-8-11(15)4-5-14(13)16/h4-5,8H,2-3,6-7H2,1H3. The van der Waals surface area contributed by atoms with Crippen molar-refractivity contribution in [3.8, 4) is 0 Å². The Labute approximate surface area is 109 Å². The molecule has 1 aliphatic heterocycles. The molecule has 2 nitrogen and oxygen atoms in total. The molecular weight excluding hydrogens is 278 g/mol. The first-order chi connectivity index (χ1) is 8.16. The van der Waals surface area contributed by atoms with Gasteiger partial charge in [-0.3, -0.25) is 4.79 Å². The van der Waals surface area contributed by atoms with Gasteiger partial charge in [0, 0.05) is 23.5 Å². The van der Waals surface area contributed by atoms with Gasteiger partial charge in [0.05, 0.1) is 5.69 Å². The highest BCUT2D eigenvalue weighted by atomic mass is 79.9. The van der Waals surface area contributed by atoms with Gasteiger partial charge in [0.25, 0.3) is 0 Å². The van der Waals surface area contributed by atoms with E-state index < -0.39 is 0 Å². The van der Waals surface area contributed by atoms with Crippen LogP contribution < -0.4 is 4.90 Å².